The highest BCUT2D eigenvalue weighted by molar-refractivity contribution is 5.29. The van der Waals surface area contributed by atoms with Crippen LogP contribution < -0.4 is 0 Å². The summed E-state index contributed by atoms with van der Waals surface area (Å²) in [5.41, 5.74) is 3.63. The van der Waals surface area contributed by atoms with E-state index in [2.05, 4.69) is 39.5 Å². The van der Waals surface area contributed by atoms with E-state index in [4.69, 9.17) is 0 Å². The first-order chi connectivity index (χ1) is 13.8. The topological polar surface area (TPSA) is 60.7 Å². The summed E-state index contributed by atoms with van der Waals surface area (Å²) in [7, 11) is 0. The summed E-state index contributed by atoms with van der Waals surface area (Å²) < 4.78 is 0. The second kappa shape index (κ2) is 9.49. The van der Waals surface area contributed by atoms with Gasteiger partial charge in [0.15, 0.2) is 0 Å². The number of hydrogen-bond acceptors (Lipinski definition) is 3. The van der Waals surface area contributed by atoms with Gasteiger partial charge in [-0.15, -0.1) is 0 Å². The van der Waals surface area contributed by atoms with Gasteiger partial charge in [0.2, 0.25) is 0 Å². The lowest BCUT2D eigenvalue weighted by molar-refractivity contribution is 0.0636. The number of fused-ring (bicyclic) bond motifs is 1. The van der Waals surface area contributed by atoms with Crippen molar-refractivity contribution in [2.75, 3.05) is 6.61 Å². The van der Waals surface area contributed by atoms with E-state index < -0.39 is 12.2 Å². The summed E-state index contributed by atoms with van der Waals surface area (Å²) in [5, 5.41) is 29.7. The Hall–Kier alpha value is -0.900. The molecule has 0 aromatic rings. The van der Waals surface area contributed by atoms with Crippen molar-refractivity contribution in [2.24, 2.45) is 29.1 Å². The normalized spacial score (nSPS) is 38.8. The minimum Gasteiger partial charge on any atom is -0.396 e. The molecule has 3 aliphatic carbocycles. The van der Waals surface area contributed by atoms with Crippen LogP contribution in [0, 0.1) is 29.1 Å². The van der Waals surface area contributed by atoms with Crippen LogP contribution in [0.3, 0.4) is 0 Å². The molecule has 0 radical (unpaired) electrons. The summed E-state index contributed by atoms with van der Waals surface area (Å²) in [6.07, 6.45) is 12.9. The zero-order valence-electron chi connectivity index (χ0n) is 18.7. The van der Waals surface area contributed by atoms with Crippen LogP contribution in [0.15, 0.2) is 35.5 Å². The van der Waals surface area contributed by atoms with Crippen LogP contribution in [-0.2, 0) is 0 Å². The molecule has 29 heavy (non-hydrogen) atoms. The molecule has 0 heterocycles. The Morgan fingerprint density at radius 1 is 1.17 bits per heavy atom. The number of allylic oxidation sites excluding steroid dienone is 3. The van der Waals surface area contributed by atoms with Crippen molar-refractivity contribution in [1.29, 1.82) is 0 Å². The minimum atomic E-state index is -0.616. The van der Waals surface area contributed by atoms with Gasteiger partial charge in [0.1, 0.15) is 0 Å². The molecule has 164 valence electrons. The molecule has 0 bridgehead atoms. The summed E-state index contributed by atoms with van der Waals surface area (Å²) in [4.78, 5) is 0. The molecule has 3 aliphatic rings. The molecule has 3 saturated carbocycles. The molecule has 0 saturated heterocycles. The van der Waals surface area contributed by atoms with E-state index in [9.17, 15) is 15.3 Å². The van der Waals surface area contributed by atoms with Crippen molar-refractivity contribution in [3.63, 3.8) is 0 Å². The average Bonchev–Trinajstić information content (AvgIpc) is 3.05. The molecule has 3 rings (SSSR count). The fourth-order valence-electron chi connectivity index (χ4n) is 6.90. The summed E-state index contributed by atoms with van der Waals surface area (Å²) in [6.45, 7) is 11.3. The van der Waals surface area contributed by atoms with Crippen LogP contribution >= 0.6 is 0 Å². The van der Waals surface area contributed by atoms with Gasteiger partial charge in [0.25, 0.3) is 0 Å². The first-order valence-corrected chi connectivity index (χ1v) is 11.9. The van der Waals surface area contributed by atoms with Crippen molar-refractivity contribution in [2.45, 2.75) is 90.8 Å². The lowest BCUT2D eigenvalue weighted by Gasteiger charge is -2.46. The molecule has 3 N–H and O–H groups in total. The zero-order valence-corrected chi connectivity index (χ0v) is 18.7. The Morgan fingerprint density at radius 3 is 2.48 bits per heavy atom. The van der Waals surface area contributed by atoms with E-state index in [1.807, 2.05) is 0 Å². The highest BCUT2D eigenvalue weighted by Gasteiger charge is 2.51. The van der Waals surface area contributed by atoms with Gasteiger partial charge in [-0.3, -0.25) is 0 Å². The predicted octanol–water partition coefficient (Wildman–Crippen LogP) is 5.17. The zero-order chi connectivity index (χ0) is 21.2. The van der Waals surface area contributed by atoms with Crippen LogP contribution in [0.5, 0.6) is 0 Å². The highest BCUT2D eigenvalue weighted by atomic mass is 16.3. The van der Waals surface area contributed by atoms with Crippen molar-refractivity contribution < 1.29 is 15.3 Å². The summed E-state index contributed by atoms with van der Waals surface area (Å²) in [6, 6.07) is 0. The van der Waals surface area contributed by atoms with Gasteiger partial charge in [-0.05, 0) is 86.0 Å². The van der Waals surface area contributed by atoms with Crippen LogP contribution in [-0.4, -0.2) is 34.1 Å². The van der Waals surface area contributed by atoms with Crippen LogP contribution in [0.4, 0.5) is 0 Å². The Kier molecular flexibility index (Phi) is 7.46. The van der Waals surface area contributed by atoms with E-state index in [0.717, 1.165) is 24.3 Å². The first-order valence-electron chi connectivity index (χ1n) is 11.9. The number of aliphatic hydroxyl groups excluding tert-OH is 3. The second-order valence-corrected chi connectivity index (χ2v) is 10.2. The van der Waals surface area contributed by atoms with Gasteiger partial charge < -0.3 is 15.3 Å². The van der Waals surface area contributed by atoms with E-state index in [-0.39, 0.29) is 0 Å². The molecule has 3 nitrogen and oxygen atoms in total. The lowest BCUT2D eigenvalue weighted by Crippen LogP contribution is -2.38. The van der Waals surface area contributed by atoms with Crippen LogP contribution in [0.1, 0.15) is 78.6 Å². The van der Waals surface area contributed by atoms with Gasteiger partial charge in [-0.25, -0.2) is 0 Å². The Bertz CT molecular complexity index is 632. The quantitative estimate of drug-likeness (QED) is 0.537. The van der Waals surface area contributed by atoms with E-state index in [1.54, 1.807) is 5.57 Å². The lowest BCUT2D eigenvalue weighted by atomic mass is 9.59. The smallest absolute Gasteiger partial charge is 0.0809 e. The SMILES string of the molecule is C=C1[C@H](O)CC(=C/C=C2\CCC[C@]3(C)[C@@H]([C@H](C)[C@@H](CC)CCO)CC[C@@H]23)C[C@H]1O. The summed E-state index contributed by atoms with van der Waals surface area (Å²) in [5.74, 6) is 2.67. The second-order valence-electron chi connectivity index (χ2n) is 10.2. The van der Waals surface area contributed by atoms with E-state index in [0.29, 0.717) is 48.2 Å². The van der Waals surface area contributed by atoms with Crippen LogP contribution in [0.25, 0.3) is 0 Å². The fourth-order valence-corrected chi connectivity index (χ4v) is 6.90. The predicted molar refractivity (Wildman–Crippen MR) is 119 cm³/mol. The standard InChI is InChI=1S/C26H42O3/c1-5-20(12-14-27)17(2)22-10-11-23-21(7-6-13-26(22,23)4)9-8-19-15-24(28)18(3)25(29)16-19/h8-9,17,20,22-25,27-29H,3,5-7,10-16H2,1-2,4H3/b21-9+/t17-,20+,22-,23+,24-,25-,26-/m1/s1. The Labute approximate surface area is 177 Å². The van der Waals surface area contributed by atoms with Gasteiger partial charge in [0, 0.05) is 6.61 Å². The molecule has 3 fully saturated rings. The van der Waals surface area contributed by atoms with Crippen molar-refractivity contribution in [3.05, 3.63) is 35.5 Å². The summed E-state index contributed by atoms with van der Waals surface area (Å²) >= 11 is 0. The number of rotatable bonds is 6. The maximum absolute atomic E-state index is 10.1. The third-order valence-corrected chi connectivity index (χ3v) is 8.74. The highest BCUT2D eigenvalue weighted by Crippen LogP contribution is 2.60. The molecule has 0 unspecified atom stereocenters. The monoisotopic (exact) mass is 402 g/mol. The van der Waals surface area contributed by atoms with Gasteiger partial charge >= 0.3 is 0 Å². The maximum Gasteiger partial charge on any atom is 0.0809 e. The van der Waals surface area contributed by atoms with Gasteiger partial charge in [-0.2, -0.15) is 0 Å². The Morgan fingerprint density at radius 2 is 1.86 bits per heavy atom. The molecular weight excluding hydrogens is 360 g/mol. The first kappa shape index (κ1) is 22.8. The van der Waals surface area contributed by atoms with Gasteiger partial charge in [0.05, 0.1) is 12.2 Å². The van der Waals surface area contributed by atoms with E-state index in [1.165, 1.54) is 32.1 Å². The molecule has 0 aliphatic heterocycles. The Balaban J connectivity index is 1.76. The molecule has 0 spiro atoms. The van der Waals surface area contributed by atoms with Crippen molar-refractivity contribution in [3.8, 4) is 0 Å². The molecular formula is C26H42O3. The van der Waals surface area contributed by atoms with E-state index >= 15 is 0 Å². The molecule has 3 heteroatoms. The third kappa shape index (κ3) is 4.57. The number of hydrogen-bond donors (Lipinski definition) is 3. The fraction of sp³-hybridized carbons (Fsp3) is 0.769. The average molecular weight is 403 g/mol. The van der Waals surface area contributed by atoms with Crippen molar-refractivity contribution in [1.82, 2.24) is 0 Å². The third-order valence-electron chi connectivity index (χ3n) is 8.74. The minimum absolute atomic E-state index is 0.304. The molecule has 0 aromatic carbocycles. The maximum atomic E-state index is 10.1. The van der Waals surface area contributed by atoms with Crippen LogP contribution in [0.2, 0.25) is 0 Å². The number of aliphatic hydroxyl groups is 3. The molecule has 0 amide bonds. The largest absolute Gasteiger partial charge is 0.396 e. The van der Waals surface area contributed by atoms with Crippen molar-refractivity contribution >= 4 is 0 Å². The molecule has 7 atom stereocenters. The molecule has 0 aromatic heterocycles. The van der Waals surface area contributed by atoms with Gasteiger partial charge in [-0.1, -0.05) is 57.1 Å².